The van der Waals surface area contributed by atoms with Gasteiger partial charge < -0.3 is 10.6 Å². The van der Waals surface area contributed by atoms with Crippen LogP contribution in [0.1, 0.15) is 40.8 Å². The van der Waals surface area contributed by atoms with Crippen LogP contribution in [0, 0.1) is 6.92 Å². The number of hydrogen-bond acceptors (Lipinski definition) is 6. The van der Waals surface area contributed by atoms with Crippen molar-refractivity contribution >= 4 is 33.9 Å². The van der Waals surface area contributed by atoms with Crippen molar-refractivity contribution in [1.29, 1.82) is 0 Å². The molecule has 1 aliphatic rings. The standard InChI is InChI=1S/C19H20ClN5S/c1-12-9-17(24-18(23-12)16-7-4-8-21-16)25-19-22-11-14(26-19)10-13-5-2-3-6-15(13)20/h2-3,5-6,9,11,16,21H,4,7-8,10H2,1H3,(H,22,23,24,25). The largest absolute Gasteiger partial charge is 0.316 e. The molecule has 1 unspecified atom stereocenters. The zero-order valence-corrected chi connectivity index (χ0v) is 16.1. The summed E-state index contributed by atoms with van der Waals surface area (Å²) in [6, 6.07) is 10.1. The first kappa shape index (κ1) is 17.4. The van der Waals surface area contributed by atoms with E-state index in [4.69, 9.17) is 11.6 Å². The second kappa shape index (κ2) is 7.70. The number of halogens is 1. The van der Waals surface area contributed by atoms with E-state index in [2.05, 4.69) is 25.6 Å². The first-order chi connectivity index (χ1) is 12.7. The van der Waals surface area contributed by atoms with Gasteiger partial charge in [0.25, 0.3) is 0 Å². The minimum Gasteiger partial charge on any atom is -0.316 e. The van der Waals surface area contributed by atoms with Crippen molar-refractivity contribution in [1.82, 2.24) is 20.3 Å². The maximum Gasteiger partial charge on any atom is 0.188 e. The summed E-state index contributed by atoms with van der Waals surface area (Å²) < 4.78 is 0. The molecule has 0 aliphatic carbocycles. The monoisotopic (exact) mass is 385 g/mol. The Kier molecular flexibility index (Phi) is 5.15. The highest BCUT2D eigenvalue weighted by Gasteiger charge is 2.20. The van der Waals surface area contributed by atoms with Crippen molar-refractivity contribution in [3.63, 3.8) is 0 Å². The maximum atomic E-state index is 6.25. The van der Waals surface area contributed by atoms with Crippen LogP contribution in [0.5, 0.6) is 0 Å². The third-order valence-electron chi connectivity index (χ3n) is 4.35. The normalized spacial score (nSPS) is 16.8. The zero-order valence-electron chi connectivity index (χ0n) is 14.5. The van der Waals surface area contributed by atoms with E-state index < -0.39 is 0 Å². The van der Waals surface area contributed by atoms with E-state index in [1.165, 1.54) is 6.42 Å². The summed E-state index contributed by atoms with van der Waals surface area (Å²) >= 11 is 7.87. The number of aryl methyl sites for hydroxylation is 1. The van der Waals surface area contributed by atoms with Crippen LogP contribution in [0.4, 0.5) is 10.9 Å². The fourth-order valence-corrected chi connectivity index (χ4v) is 4.15. The SMILES string of the molecule is Cc1cc(Nc2ncc(Cc3ccccc3Cl)s2)nc(C2CCCN2)n1. The molecule has 26 heavy (non-hydrogen) atoms. The van der Waals surface area contributed by atoms with Gasteiger partial charge in [-0.15, -0.1) is 11.3 Å². The Hall–Kier alpha value is -2.02. The molecule has 4 rings (SSSR count). The van der Waals surface area contributed by atoms with Crippen LogP contribution in [-0.2, 0) is 6.42 Å². The molecule has 1 aromatic carbocycles. The molecule has 7 heteroatoms. The first-order valence-electron chi connectivity index (χ1n) is 8.71. The lowest BCUT2D eigenvalue weighted by Gasteiger charge is -2.11. The van der Waals surface area contributed by atoms with E-state index in [0.717, 1.165) is 57.3 Å². The summed E-state index contributed by atoms with van der Waals surface area (Å²) in [5, 5.41) is 8.39. The van der Waals surface area contributed by atoms with Crippen molar-refractivity contribution in [2.45, 2.75) is 32.2 Å². The molecule has 134 valence electrons. The number of hydrogen-bond donors (Lipinski definition) is 2. The minimum atomic E-state index is 0.252. The lowest BCUT2D eigenvalue weighted by atomic mass is 10.1. The third kappa shape index (κ3) is 4.03. The van der Waals surface area contributed by atoms with Crippen LogP contribution in [0.15, 0.2) is 36.5 Å². The van der Waals surface area contributed by atoms with E-state index in [-0.39, 0.29) is 6.04 Å². The van der Waals surface area contributed by atoms with Gasteiger partial charge in [0.2, 0.25) is 0 Å². The highest BCUT2D eigenvalue weighted by atomic mass is 35.5. The molecule has 3 heterocycles. The molecule has 0 saturated carbocycles. The number of thiazole rings is 1. The molecule has 1 aliphatic heterocycles. The van der Waals surface area contributed by atoms with Gasteiger partial charge in [-0.1, -0.05) is 29.8 Å². The van der Waals surface area contributed by atoms with E-state index >= 15 is 0 Å². The molecular formula is C19H20ClN5S. The zero-order chi connectivity index (χ0) is 17.9. The van der Waals surface area contributed by atoms with Crippen molar-refractivity contribution in [3.8, 4) is 0 Å². The molecule has 1 fully saturated rings. The number of nitrogens with zero attached hydrogens (tertiary/aromatic N) is 3. The van der Waals surface area contributed by atoms with E-state index in [0.29, 0.717) is 0 Å². The summed E-state index contributed by atoms with van der Waals surface area (Å²) in [4.78, 5) is 14.9. The highest BCUT2D eigenvalue weighted by molar-refractivity contribution is 7.15. The van der Waals surface area contributed by atoms with Crippen LogP contribution in [0.25, 0.3) is 0 Å². The number of aromatic nitrogens is 3. The Morgan fingerprint density at radius 3 is 3.00 bits per heavy atom. The average molecular weight is 386 g/mol. The summed E-state index contributed by atoms with van der Waals surface area (Å²) in [6.45, 7) is 3.03. The number of benzene rings is 1. The predicted molar refractivity (Wildman–Crippen MR) is 106 cm³/mol. The van der Waals surface area contributed by atoms with E-state index in [9.17, 15) is 0 Å². The van der Waals surface area contributed by atoms with Crippen LogP contribution in [0.3, 0.4) is 0 Å². The van der Waals surface area contributed by atoms with E-state index in [1.54, 1.807) is 11.3 Å². The Balaban J connectivity index is 1.49. The molecule has 2 N–H and O–H groups in total. The van der Waals surface area contributed by atoms with Gasteiger partial charge >= 0.3 is 0 Å². The summed E-state index contributed by atoms with van der Waals surface area (Å²) in [5.41, 5.74) is 2.07. The first-order valence-corrected chi connectivity index (χ1v) is 9.91. The van der Waals surface area contributed by atoms with Crippen LogP contribution in [0.2, 0.25) is 5.02 Å². The fourth-order valence-electron chi connectivity index (χ4n) is 3.10. The molecule has 1 atom stereocenters. The van der Waals surface area contributed by atoms with Crippen LogP contribution in [-0.4, -0.2) is 21.5 Å². The molecule has 1 saturated heterocycles. The fraction of sp³-hybridized carbons (Fsp3) is 0.316. The van der Waals surface area contributed by atoms with Gasteiger partial charge in [0.05, 0.1) is 6.04 Å². The number of rotatable bonds is 5. The molecule has 0 amide bonds. The summed E-state index contributed by atoms with van der Waals surface area (Å²) in [7, 11) is 0. The summed E-state index contributed by atoms with van der Waals surface area (Å²) in [6.07, 6.45) is 4.92. The Morgan fingerprint density at radius 2 is 2.19 bits per heavy atom. The van der Waals surface area contributed by atoms with E-state index in [1.807, 2.05) is 43.5 Å². The van der Waals surface area contributed by atoms with Crippen LogP contribution < -0.4 is 10.6 Å². The lowest BCUT2D eigenvalue weighted by molar-refractivity contribution is 0.603. The van der Waals surface area contributed by atoms with Gasteiger partial charge in [0, 0.05) is 34.3 Å². The lowest BCUT2D eigenvalue weighted by Crippen LogP contribution is -2.16. The third-order valence-corrected chi connectivity index (χ3v) is 5.64. The number of nitrogens with one attached hydrogen (secondary N) is 2. The van der Waals surface area contributed by atoms with Crippen molar-refractivity contribution in [3.05, 3.63) is 63.5 Å². The van der Waals surface area contributed by atoms with Crippen molar-refractivity contribution < 1.29 is 0 Å². The smallest absolute Gasteiger partial charge is 0.188 e. The quantitative estimate of drug-likeness (QED) is 0.669. The molecule has 2 aromatic heterocycles. The Morgan fingerprint density at radius 1 is 1.31 bits per heavy atom. The van der Waals surface area contributed by atoms with Gasteiger partial charge in [-0.25, -0.2) is 15.0 Å². The molecule has 0 bridgehead atoms. The molecular weight excluding hydrogens is 366 g/mol. The molecule has 5 nitrogen and oxygen atoms in total. The minimum absolute atomic E-state index is 0.252. The predicted octanol–water partition coefficient (Wildman–Crippen LogP) is 4.65. The number of anilines is 2. The van der Waals surface area contributed by atoms with Crippen molar-refractivity contribution in [2.24, 2.45) is 0 Å². The Bertz CT molecular complexity index is 904. The average Bonchev–Trinajstić information content (AvgIpc) is 3.29. The van der Waals surface area contributed by atoms with Gasteiger partial charge in [-0.2, -0.15) is 0 Å². The van der Waals surface area contributed by atoms with Crippen molar-refractivity contribution in [2.75, 3.05) is 11.9 Å². The summed E-state index contributed by atoms with van der Waals surface area (Å²) in [5.74, 6) is 1.65. The molecule has 3 aromatic rings. The second-order valence-corrected chi connectivity index (χ2v) is 7.95. The Labute approximate surface area is 161 Å². The van der Waals surface area contributed by atoms with Gasteiger partial charge in [-0.3, -0.25) is 0 Å². The maximum absolute atomic E-state index is 6.25. The second-order valence-electron chi connectivity index (χ2n) is 6.43. The van der Waals surface area contributed by atoms with Gasteiger partial charge in [-0.05, 0) is 37.9 Å². The van der Waals surface area contributed by atoms with Gasteiger partial charge in [0.1, 0.15) is 11.6 Å². The molecule has 0 radical (unpaired) electrons. The van der Waals surface area contributed by atoms with Gasteiger partial charge in [0.15, 0.2) is 5.13 Å². The topological polar surface area (TPSA) is 62.7 Å². The highest BCUT2D eigenvalue weighted by Crippen LogP contribution is 2.27. The molecule has 0 spiro atoms. The van der Waals surface area contributed by atoms with Crippen LogP contribution >= 0.6 is 22.9 Å².